The van der Waals surface area contributed by atoms with Gasteiger partial charge in [-0.25, -0.2) is 4.99 Å². The lowest BCUT2D eigenvalue weighted by Crippen LogP contribution is -2.43. The van der Waals surface area contributed by atoms with Gasteiger partial charge >= 0.3 is 0 Å². The van der Waals surface area contributed by atoms with Crippen molar-refractivity contribution in [1.29, 1.82) is 0 Å². The van der Waals surface area contributed by atoms with E-state index < -0.39 is 6.04 Å². The molecule has 1 atom stereocenters. The summed E-state index contributed by atoms with van der Waals surface area (Å²) in [6.07, 6.45) is 1.82. The Morgan fingerprint density at radius 3 is 2.38 bits per heavy atom. The molecule has 3 aromatic rings. The highest BCUT2D eigenvalue weighted by Crippen LogP contribution is 2.36. The van der Waals surface area contributed by atoms with Crippen LogP contribution in [0, 0.1) is 0 Å². The largest absolute Gasteiger partial charge is 0.496 e. The van der Waals surface area contributed by atoms with Gasteiger partial charge in [0.2, 0.25) is 0 Å². The number of halogens is 2. The van der Waals surface area contributed by atoms with Crippen LogP contribution in [-0.2, 0) is 4.79 Å². The molecule has 194 valence electrons. The van der Waals surface area contributed by atoms with E-state index in [-0.39, 0.29) is 11.5 Å². The van der Waals surface area contributed by atoms with Crippen molar-refractivity contribution >= 4 is 55.2 Å². The molecule has 0 spiro atoms. The number of allylic oxidation sites excluding steroid dienone is 1. The van der Waals surface area contributed by atoms with E-state index in [2.05, 4.69) is 31.9 Å². The molecule has 0 saturated heterocycles. The van der Waals surface area contributed by atoms with Crippen LogP contribution in [0.5, 0.6) is 11.5 Å². The van der Waals surface area contributed by atoms with Crippen LogP contribution in [-0.4, -0.2) is 42.7 Å². The van der Waals surface area contributed by atoms with Crippen LogP contribution in [0.3, 0.4) is 0 Å². The van der Waals surface area contributed by atoms with Crippen molar-refractivity contribution in [1.82, 2.24) is 9.47 Å². The van der Waals surface area contributed by atoms with Crippen molar-refractivity contribution in [2.24, 2.45) is 4.99 Å². The summed E-state index contributed by atoms with van der Waals surface area (Å²) in [5.74, 6) is 1.13. The zero-order valence-electron chi connectivity index (χ0n) is 21.2. The number of hydrogen-bond acceptors (Lipinski definition) is 6. The molecule has 1 aromatic heterocycles. The molecule has 0 bridgehead atoms. The van der Waals surface area contributed by atoms with Gasteiger partial charge in [-0.15, -0.1) is 0 Å². The molecule has 0 N–H and O–H groups in total. The molecule has 37 heavy (non-hydrogen) atoms. The lowest BCUT2D eigenvalue weighted by Gasteiger charge is -2.29. The molecule has 10 heteroatoms. The zero-order valence-corrected chi connectivity index (χ0v) is 25.2. The Labute approximate surface area is 236 Å². The van der Waals surface area contributed by atoms with Crippen LogP contribution in [0.25, 0.3) is 6.08 Å². The number of rotatable bonds is 7. The summed E-state index contributed by atoms with van der Waals surface area (Å²) in [5.41, 5.74) is 2.39. The zero-order chi connectivity index (χ0) is 26.9. The second-order valence-corrected chi connectivity index (χ2v) is 11.0. The number of fused-ring (bicyclic) bond motifs is 1. The van der Waals surface area contributed by atoms with Gasteiger partial charge in [0.1, 0.15) is 17.5 Å². The third-order valence-electron chi connectivity index (χ3n) is 6.26. The Bertz CT molecular complexity index is 1550. The molecule has 0 fully saturated rings. The molecule has 1 aliphatic heterocycles. The average molecular weight is 649 g/mol. The molecule has 4 rings (SSSR count). The summed E-state index contributed by atoms with van der Waals surface area (Å²) < 4.78 is 14.7. The summed E-state index contributed by atoms with van der Waals surface area (Å²) in [7, 11) is 3.18. The quantitative estimate of drug-likeness (QED) is 0.374. The lowest BCUT2D eigenvalue weighted by molar-refractivity contribution is -0.127. The Balaban J connectivity index is 1.99. The lowest BCUT2D eigenvalue weighted by atomic mass is 9.94. The van der Waals surface area contributed by atoms with Gasteiger partial charge in [0.15, 0.2) is 4.80 Å². The Morgan fingerprint density at radius 1 is 1.14 bits per heavy atom. The number of likely N-dealkylation sites (N-methyl/N-ethyl adjacent to an activating group) is 1. The van der Waals surface area contributed by atoms with Crippen LogP contribution in [0.2, 0.25) is 0 Å². The number of carbonyl (C=O) groups is 1. The summed E-state index contributed by atoms with van der Waals surface area (Å²) in [6, 6.07) is 10.6. The van der Waals surface area contributed by atoms with Gasteiger partial charge in [0.25, 0.3) is 11.5 Å². The van der Waals surface area contributed by atoms with Gasteiger partial charge in [-0.1, -0.05) is 29.5 Å². The summed E-state index contributed by atoms with van der Waals surface area (Å²) in [6.45, 7) is 6.81. The maximum absolute atomic E-state index is 13.9. The minimum Gasteiger partial charge on any atom is -0.496 e. The van der Waals surface area contributed by atoms with E-state index in [0.717, 1.165) is 20.1 Å². The molecule has 1 amide bonds. The number of para-hydroxylation sites is 1. The molecule has 2 heterocycles. The second-order valence-electron chi connectivity index (χ2n) is 8.32. The fraction of sp³-hybridized carbons (Fsp3) is 0.296. The number of thiazole rings is 1. The molecular weight excluding hydrogens is 622 g/mol. The maximum Gasteiger partial charge on any atom is 0.271 e. The number of hydrogen-bond donors (Lipinski definition) is 0. The van der Waals surface area contributed by atoms with E-state index >= 15 is 0 Å². The Morgan fingerprint density at radius 2 is 1.78 bits per heavy atom. The van der Waals surface area contributed by atoms with Gasteiger partial charge in [-0.3, -0.25) is 14.2 Å². The van der Waals surface area contributed by atoms with Crippen LogP contribution in [0.1, 0.15) is 37.9 Å². The number of methoxy groups -OCH3 is 2. The van der Waals surface area contributed by atoms with Gasteiger partial charge in [0.05, 0.1) is 39.0 Å². The van der Waals surface area contributed by atoms with Crippen LogP contribution < -0.4 is 24.4 Å². The minimum atomic E-state index is -0.669. The molecule has 0 aliphatic carbocycles. The smallest absolute Gasteiger partial charge is 0.271 e. The normalized spacial score (nSPS) is 15.3. The SMILES string of the molecule is CCN(CC)C(=O)C1=C(C)N=c2s/c(=C/c3cc(Br)c(OC)c(Br)c3)c(=O)n2[C@@H]1c1ccccc1OC. The van der Waals surface area contributed by atoms with Crippen molar-refractivity contribution in [3.8, 4) is 11.5 Å². The number of amides is 1. The van der Waals surface area contributed by atoms with E-state index in [1.54, 1.807) is 23.7 Å². The van der Waals surface area contributed by atoms with Gasteiger partial charge in [0, 0.05) is 18.7 Å². The first-order valence-electron chi connectivity index (χ1n) is 11.7. The third-order valence-corrected chi connectivity index (χ3v) is 8.42. The maximum atomic E-state index is 13.9. The summed E-state index contributed by atoms with van der Waals surface area (Å²) >= 11 is 8.35. The second kappa shape index (κ2) is 11.4. The van der Waals surface area contributed by atoms with Crippen molar-refractivity contribution in [3.05, 3.63) is 87.4 Å². The summed E-state index contributed by atoms with van der Waals surface area (Å²) in [5, 5.41) is 0. The number of carbonyl (C=O) groups excluding carboxylic acids is 1. The molecule has 7 nitrogen and oxygen atoms in total. The fourth-order valence-electron chi connectivity index (χ4n) is 4.47. The van der Waals surface area contributed by atoms with Crippen molar-refractivity contribution in [2.45, 2.75) is 26.8 Å². The minimum absolute atomic E-state index is 0.139. The first-order chi connectivity index (χ1) is 17.7. The number of aromatic nitrogens is 1. The first kappa shape index (κ1) is 27.3. The van der Waals surface area contributed by atoms with Gasteiger partial charge in [-0.2, -0.15) is 0 Å². The van der Waals surface area contributed by atoms with Crippen LogP contribution in [0.4, 0.5) is 0 Å². The highest BCUT2D eigenvalue weighted by Gasteiger charge is 2.35. The Hall–Kier alpha value is -2.69. The van der Waals surface area contributed by atoms with Gasteiger partial charge in [-0.05, 0) is 82.5 Å². The van der Waals surface area contributed by atoms with Crippen molar-refractivity contribution in [2.75, 3.05) is 27.3 Å². The molecule has 0 unspecified atom stereocenters. The van der Waals surface area contributed by atoms with E-state index in [1.807, 2.05) is 63.2 Å². The monoisotopic (exact) mass is 647 g/mol. The standard InChI is InChI=1S/C27H27Br2N3O4S/c1-6-31(7-2)26(34)22-15(3)30-27-32(23(22)17-10-8-9-11-20(17)35-4)25(33)21(37-27)14-16-12-18(28)24(36-5)19(29)13-16/h8-14,23H,6-7H2,1-5H3/b21-14+/t23-/m1/s1. The highest BCUT2D eigenvalue weighted by atomic mass is 79.9. The number of ether oxygens (including phenoxy) is 2. The molecule has 1 aliphatic rings. The molecular formula is C27H27Br2N3O4S. The van der Waals surface area contributed by atoms with E-state index in [9.17, 15) is 9.59 Å². The van der Waals surface area contributed by atoms with E-state index in [4.69, 9.17) is 14.5 Å². The average Bonchev–Trinajstić information content (AvgIpc) is 3.17. The van der Waals surface area contributed by atoms with Crippen LogP contribution >= 0.6 is 43.2 Å². The number of benzene rings is 2. The summed E-state index contributed by atoms with van der Waals surface area (Å²) in [4.78, 5) is 34.7. The molecule has 0 saturated carbocycles. The predicted molar refractivity (Wildman–Crippen MR) is 153 cm³/mol. The van der Waals surface area contributed by atoms with E-state index in [1.165, 1.54) is 11.3 Å². The predicted octanol–water partition coefficient (Wildman–Crippen LogP) is 4.65. The van der Waals surface area contributed by atoms with Crippen molar-refractivity contribution < 1.29 is 14.3 Å². The number of nitrogens with zero attached hydrogens (tertiary/aromatic N) is 3. The molecule has 2 aromatic carbocycles. The molecule has 0 radical (unpaired) electrons. The highest BCUT2D eigenvalue weighted by molar-refractivity contribution is 9.11. The Kier molecular flexibility index (Phi) is 8.40. The van der Waals surface area contributed by atoms with Gasteiger partial charge < -0.3 is 14.4 Å². The third kappa shape index (κ3) is 5.06. The topological polar surface area (TPSA) is 73.1 Å². The first-order valence-corrected chi connectivity index (χ1v) is 14.1. The van der Waals surface area contributed by atoms with E-state index in [0.29, 0.717) is 45.2 Å². The van der Waals surface area contributed by atoms with Crippen LogP contribution in [0.15, 0.2) is 66.4 Å². The van der Waals surface area contributed by atoms with Crippen molar-refractivity contribution in [3.63, 3.8) is 0 Å². The fourth-order valence-corrected chi connectivity index (χ4v) is 7.06.